The predicted molar refractivity (Wildman–Crippen MR) is 113 cm³/mol. The second-order valence-electron chi connectivity index (χ2n) is 7.28. The van der Waals surface area contributed by atoms with Crippen molar-refractivity contribution in [1.82, 2.24) is 5.32 Å². The zero-order chi connectivity index (χ0) is 25.5. The number of benzene rings is 2. The van der Waals surface area contributed by atoms with E-state index < -0.39 is 46.4 Å². The molecule has 0 saturated carbocycles. The van der Waals surface area contributed by atoms with Gasteiger partial charge >= 0.3 is 12.1 Å². The highest BCUT2D eigenvalue weighted by Crippen LogP contribution is 2.29. The van der Waals surface area contributed by atoms with Crippen LogP contribution in [0.15, 0.2) is 48.5 Å². The van der Waals surface area contributed by atoms with Crippen LogP contribution in [0.3, 0.4) is 0 Å². The highest BCUT2D eigenvalue weighted by molar-refractivity contribution is 5.89. The summed E-state index contributed by atoms with van der Waals surface area (Å²) in [7, 11) is 0. The van der Waals surface area contributed by atoms with Crippen molar-refractivity contribution in [2.24, 2.45) is 5.73 Å². The first-order valence-electron chi connectivity index (χ1n) is 10.1. The lowest BCUT2D eigenvalue weighted by atomic mass is 9.87. The molecule has 0 aliphatic rings. The summed E-state index contributed by atoms with van der Waals surface area (Å²) in [5.74, 6) is -3.39. The molecule has 0 bridgehead atoms. The number of nitrogens with two attached hydrogens (primary N) is 1. The number of nitrogens with one attached hydrogen (secondary N) is 1. The summed E-state index contributed by atoms with van der Waals surface area (Å²) in [6.07, 6.45) is -5.24. The molecule has 3 N–H and O–H groups in total. The smallest absolute Gasteiger partial charge is 0.416 e. The monoisotopic (exact) mass is 481 g/mol. The summed E-state index contributed by atoms with van der Waals surface area (Å²) in [4.78, 5) is 47.2. The Morgan fingerprint density at radius 2 is 1.68 bits per heavy atom. The van der Waals surface area contributed by atoms with E-state index in [9.17, 15) is 37.7 Å². The summed E-state index contributed by atoms with van der Waals surface area (Å²) >= 11 is 0. The van der Waals surface area contributed by atoms with Gasteiger partial charge in [0.25, 0.3) is 5.69 Å². The molecule has 2 amide bonds. The lowest BCUT2D eigenvalue weighted by molar-refractivity contribution is -0.384. The van der Waals surface area contributed by atoms with Crippen molar-refractivity contribution < 1.29 is 37.2 Å². The van der Waals surface area contributed by atoms with Crippen molar-refractivity contribution in [1.29, 1.82) is 0 Å². The van der Waals surface area contributed by atoms with Gasteiger partial charge in [0, 0.05) is 18.1 Å². The van der Waals surface area contributed by atoms with Gasteiger partial charge in [-0.15, -0.1) is 0 Å². The summed E-state index contributed by atoms with van der Waals surface area (Å²) in [5, 5.41) is 13.3. The van der Waals surface area contributed by atoms with Crippen molar-refractivity contribution in [3.8, 4) is 0 Å². The van der Waals surface area contributed by atoms with Crippen LogP contribution >= 0.6 is 0 Å². The van der Waals surface area contributed by atoms with Gasteiger partial charge in [-0.2, -0.15) is 13.2 Å². The van der Waals surface area contributed by atoms with Crippen LogP contribution in [-0.2, 0) is 31.7 Å². The molecule has 12 heteroatoms. The Labute approximate surface area is 192 Å². The number of amides is 2. The predicted octanol–water partition coefficient (Wildman–Crippen LogP) is 2.86. The summed E-state index contributed by atoms with van der Waals surface area (Å²) in [6, 6.07) is 7.55. The minimum absolute atomic E-state index is 0.0628. The zero-order valence-corrected chi connectivity index (χ0v) is 18.0. The molecule has 0 heterocycles. The maximum absolute atomic E-state index is 12.7. The van der Waals surface area contributed by atoms with Gasteiger partial charge < -0.3 is 15.8 Å². The van der Waals surface area contributed by atoms with Gasteiger partial charge in [-0.3, -0.25) is 24.5 Å². The van der Waals surface area contributed by atoms with E-state index in [4.69, 9.17) is 10.5 Å². The van der Waals surface area contributed by atoms with E-state index in [2.05, 4.69) is 5.32 Å². The van der Waals surface area contributed by atoms with Crippen LogP contribution in [-0.4, -0.2) is 35.4 Å². The van der Waals surface area contributed by atoms with Crippen LogP contribution in [0.2, 0.25) is 0 Å². The van der Waals surface area contributed by atoms with Gasteiger partial charge in [0.1, 0.15) is 6.04 Å². The Morgan fingerprint density at radius 3 is 2.15 bits per heavy atom. The van der Waals surface area contributed by atoms with E-state index in [0.717, 1.165) is 24.3 Å². The third-order valence-electron chi connectivity index (χ3n) is 4.90. The summed E-state index contributed by atoms with van der Waals surface area (Å²) in [5.41, 5.74) is 4.95. The van der Waals surface area contributed by atoms with Crippen LogP contribution < -0.4 is 11.1 Å². The normalized spacial score (nSPS) is 12.9. The van der Waals surface area contributed by atoms with Crippen molar-refractivity contribution >= 4 is 23.5 Å². The molecular weight excluding hydrogens is 459 g/mol. The van der Waals surface area contributed by atoms with E-state index in [1.165, 1.54) is 24.3 Å². The summed E-state index contributed by atoms with van der Waals surface area (Å²) < 4.78 is 43.1. The molecule has 0 aliphatic heterocycles. The van der Waals surface area contributed by atoms with E-state index in [1.807, 2.05) is 0 Å². The lowest BCUT2D eigenvalue weighted by Gasteiger charge is -2.25. The zero-order valence-electron chi connectivity index (χ0n) is 18.0. The number of non-ortho nitro benzene ring substituents is 1. The number of esters is 1. The average Bonchev–Trinajstić information content (AvgIpc) is 2.76. The number of carbonyl (C=O) groups is 3. The Kier molecular flexibility index (Phi) is 8.70. The molecule has 2 rings (SSSR count). The Morgan fingerprint density at radius 1 is 1.09 bits per heavy atom. The number of primary amides is 1. The number of rotatable bonds is 10. The first-order chi connectivity index (χ1) is 15.9. The highest BCUT2D eigenvalue weighted by atomic mass is 19.4. The lowest BCUT2D eigenvalue weighted by Crippen LogP contribution is -2.49. The maximum atomic E-state index is 12.7. The second kappa shape index (κ2) is 11.3. The van der Waals surface area contributed by atoms with Crippen molar-refractivity contribution in [3.63, 3.8) is 0 Å². The number of hydrogen-bond donors (Lipinski definition) is 2. The van der Waals surface area contributed by atoms with Crippen LogP contribution in [0.4, 0.5) is 18.9 Å². The van der Waals surface area contributed by atoms with Crippen LogP contribution in [0, 0.1) is 10.1 Å². The molecule has 0 saturated heterocycles. The molecule has 0 unspecified atom stereocenters. The molecular formula is C22H22F3N3O6. The highest BCUT2D eigenvalue weighted by Gasteiger charge is 2.33. The van der Waals surface area contributed by atoms with Gasteiger partial charge in [0.05, 0.1) is 29.9 Å². The van der Waals surface area contributed by atoms with Gasteiger partial charge in [-0.05, 0) is 30.2 Å². The molecule has 182 valence electrons. The summed E-state index contributed by atoms with van der Waals surface area (Å²) in [6.45, 7) is 1.64. The quantitative estimate of drug-likeness (QED) is 0.304. The number of ether oxygens (including phenoxy) is 1. The molecule has 9 nitrogen and oxygen atoms in total. The molecule has 0 radical (unpaired) electrons. The third kappa shape index (κ3) is 7.29. The average molecular weight is 481 g/mol. The van der Waals surface area contributed by atoms with Crippen LogP contribution in [0.1, 0.15) is 36.0 Å². The van der Waals surface area contributed by atoms with Crippen molar-refractivity contribution in [3.05, 3.63) is 75.3 Å². The van der Waals surface area contributed by atoms with E-state index >= 15 is 0 Å². The molecule has 0 fully saturated rings. The van der Waals surface area contributed by atoms with Gasteiger partial charge in [-0.25, -0.2) is 0 Å². The van der Waals surface area contributed by atoms with E-state index in [-0.39, 0.29) is 30.7 Å². The SMILES string of the molecule is CCOC(=O)C[C@H](c1ccc([N+](=O)[O-])cc1)[C@@H](NC(=O)Cc1ccc(C(F)(F)F)cc1)C(N)=O. The Bertz CT molecular complexity index is 1040. The molecule has 0 aromatic heterocycles. The largest absolute Gasteiger partial charge is 0.466 e. The van der Waals surface area contributed by atoms with Gasteiger partial charge in [0.15, 0.2) is 0 Å². The van der Waals surface area contributed by atoms with Crippen LogP contribution in [0.25, 0.3) is 0 Å². The Hall–Kier alpha value is -3.96. The van der Waals surface area contributed by atoms with Crippen LogP contribution in [0.5, 0.6) is 0 Å². The van der Waals surface area contributed by atoms with Crippen molar-refractivity contribution in [2.45, 2.75) is 37.9 Å². The number of nitrogens with zero attached hydrogens (tertiary/aromatic N) is 1. The Balaban J connectivity index is 2.26. The number of nitro groups is 1. The number of alkyl halides is 3. The van der Waals surface area contributed by atoms with E-state index in [1.54, 1.807) is 6.92 Å². The van der Waals surface area contributed by atoms with Gasteiger partial charge in [0.2, 0.25) is 11.8 Å². The fourth-order valence-electron chi connectivity index (χ4n) is 3.26. The number of hydrogen-bond acceptors (Lipinski definition) is 6. The fourth-order valence-corrected chi connectivity index (χ4v) is 3.26. The third-order valence-corrected chi connectivity index (χ3v) is 4.90. The molecule has 2 aromatic carbocycles. The minimum Gasteiger partial charge on any atom is -0.466 e. The first kappa shape index (κ1) is 26.3. The molecule has 2 aromatic rings. The van der Waals surface area contributed by atoms with Gasteiger partial charge in [-0.1, -0.05) is 24.3 Å². The number of halogens is 3. The topological polar surface area (TPSA) is 142 Å². The molecule has 0 aliphatic carbocycles. The van der Waals surface area contributed by atoms with Crippen molar-refractivity contribution in [2.75, 3.05) is 6.61 Å². The fraction of sp³-hybridized carbons (Fsp3) is 0.318. The minimum atomic E-state index is -4.52. The molecule has 0 spiro atoms. The van der Waals surface area contributed by atoms with E-state index in [0.29, 0.717) is 5.56 Å². The molecule has 2 atom stereocenters. The second-order valence-corrected chi connectivity index (χ2v) is 7.28. The standard InChI is InChI=1S/C22H22F3N3O6/c1-2-34-19(30)12-17(14-5-9-16(10-6-14)28(32)33)20(21(26)31)27-18(29)11-13-3-7-15(8-4-13)22(23,24)25/h3-10,17,20H,2,11-12H2,1H3,(H2,26,31)(H,27,29)/t17-,20-/m1/s1. The number of nitro benzene ring substituents is 1. The first-order valence-corrected chi connectivity index (χ1v) is 10.1. The molecule has 34 heavy (non-hydrogen) atoms. The number of carbonyl (C=O) groups excluding carboxylic acids is 3. The maximum Gasteiger partial charge on any atom is 0.416 e.